The SMILES string of the molecule is CCOP(=O)(OCC)c1cc(Cl)ccc1Br. The summed E-state index contributed by atoms with van der Waals surface area (Å²) in [6, 6.07) is 5.03. The quantitative estimate of drug-likeness (QED) is 0.767. The summed E-state index contributed by atoms with van der Waals surface area (Å²) in [6.45, 7) is 4.17. The fraction of sp³-hybridized carbons (Fsp3) is 0.400. The average molecular weight is 328 g/mol. The topological polar surface area (TPSA) is 35.5 Å². The summed E-state index contributed by atoms with van der Waals surface area (Å²) in [5, 5.41) is 0.960. The molecule has 0 aromatic heterocycles. The molecular formula is C10H13BrClO3P. The summed E-state index contributed by atoms with van der Waals surface area (Å²) in [7, 11) is -3.27. The van der Waals surface area contributed by atoms with Gasteiger partial charge in [0.2, 0.25) is 0 Å². The molecule has 90 valence electrons. The highest BCUT2D eigenvalue weighted by molar-refractivity contribution is 9.10. The van der Waals surface area contributed by atoms with E-state index in [4.69, 9.17) is 20.6 Å². The largest absolute Gasteiger partial charge is 0.362 e. The molecule has 0 bridgehead atoms. The second kappa shape index (κ2) is 6.18. The van der Waals surface area contributed by atoms with Gasteiger partial charge >= 0.3 is 7.60 Å². The van der Waals surface area contributed by atoms with E-state index in [9.17, 15) is 4.57 Å². The van der Waals surface area contributed by atoms with Gasteiger partial charge in [0, 0.05) is 9.50 Å². The molecule has 0 atom stereocenters. The van der Waals surface area contributed by atoms with E-state index in [0.717, 1.165) is 0 Å². The van der Waals surface area contributed by atoms with Crippen LogP contribution in [0.5, 0.6) is 0 Å². The van der Waals surface area contributed by atoms with Crippen molar-refractivity contribution in [1.29, 1.82) is 0 Å². The van der Waals surface area contributed by atoms with Crippen LogP contribution in [0.25, 0.3) is 0 Å². The maximum absolute atomic E-state index is 12.5. The fourth-order valence-electron chi connectivity index (χ4n) is 1.21. The van der Waals surface area contributed by atoms with Crippen LogP contribution in [0.3, 0.4) is 0 Å². The minimum atomic E-state index is -3.27. The first-order valence-electron chi connectivity index (χ1n) is 4.88. The van der Waals surface area contributed by atoms with Gasteiger partial charge in [0.05, 0.1) is 18.5 Å². The summed E-state index contributed by atoms with van der Waals surface area (Å²) < 4.78 is 23.6. The smallest absolute Gasteiger partial charge is 0.305 e. The third-order valence-electron chi connectivity index (χ3n) is 1.80. The van der Waals surface area contributed by atoms with Crippen molar-refractivity contribution in [3.05, 3.63) is 27.7 Å². The molecule has 0 amide bonds. The molecule has 0 heterocycles. The summed E-state index contributed by atoms with van der Waals surface area (Å²) in [4.78, 5) is 0. The average Bonchev–Trinajstić information content (AvgIpc) is 2.22. The lowest BCUT2D eigenvalue weighted by atomic mass is 10.4. The lowest BCUT2D eigenvalue weighted by Gasteiger charge is -2.18. The molecule has 0 aliphatic heterocycles. The van der Waals surface area contributed by atoms with Gasteiger partial charge in [-0.25, -0.2) is 0 Å². The molecule has 3 nitrogen and oxygen atoms in total. The zero-order valence-corrected chi connectivity index (χ0v) is 12.3. The van der Waals surface area contributed by atoms with E-state index >= 15 is 0 Å². The van der Waals surface area contributed by atoms with Crippen LogP contribution in [0.2, 0.25) is 5.02 Å². The van der Waals surface area contributed by atoms with Gasteiger partial charge in [-0.3, -0.25) is 4.57 Å². The number of halogens is 2. The first-order chi connectivity index (χ1) is 7.53. The molecule has 0 radical (unpaired) electrons. The van der Waals surface area contributed by atoms with Crippen LogP contribution in [0.15, 0.2) is 22.7 Å². The molecule has 0 unspecified atom stereocenters. The van der Waals surface area contributed by atoms with E-state index in [1.54, 1.807) is 32.0 Å². The monoisotopic (exact) mass is 326 g/mol. The van der Waals surface area contributed by atoms with E-state index in [1.807, 2.05) is 0 Å². The Hall–Kier alpha value is 0.140. The molecular weight excluding hydrogens is 314 g/mol. The minimum Gasteiger partial charge on any atom is -0.305 e. The lowest BCUT2D eigenvalue weighted by Crippen LogP contribution is -2.12. The molecule has 6 heteroatoms. The van der Waals surface area contributed by atoms with Gasteiger partial charge in [0.1, 0.15) is 0 Å². The van der Waals surface area contributed by atoms with Crippen molar-refractivity contribution in [3.8, 4) is 0 Å². The Labute approximate surface area is 109 Å². The van der Waals surface area contributed by atoms with Crippen LogP contribution >= 0.6 is 35.1 Å². The first kappa shape index (κ1) is 14.2. The van der Waals surface area contributed by atoms with Gasteiger partial charge in [0.15, 0.2) is 0 Å². The predicted molar refractivity (Wildman–Crippen MR) is 69.6 cm³/mol. The number of rotatable bonds is 5. The zero-order chi connectivity index (χ0) is 12.2. The summed E-state index contributed by atoms with van der Waals surface area (Å²) in [5.41, 5.74) is 0. The minimum absolute atomic E-state index is 0.316. The van der Waals surface area contributed by atoms with Crippen molar-refractivity contribution in [1.82, 2.24) is 0 Å². The van der Waals surface area contributed by atoms with Crippen molar-refractivity contribution in [2.75, 3.05) is 13.2 Å². The van der Waals surface area contributed by atoms with Crippen LogP contribution in [-0.4, -0.2) is 13.2 Å². The third kappa shape index (κ3) is 3.31. The Morgan fingerprint density at radius 1 is 1.31 bits per heavy atom. The molecule has 0 N–H and O–H groups in total. The Balaban J connectivity index is 3.20. The molecule has 0 fully saturated rings. The van der Waals surface area contributed by atoms with Crippen molar-refractivity contribution in [2.24, 2.45) is 0 Å². The Bertz CT molecular complexity index is 401. The van der Waals surface area contributed by atoms with Gasteiger partial charge in [0.25, 0.3) is 0 Å². The van der Waals surface area contributed by atoms with Crippen molar-refractivity contribution < 1.29 is 13.6 Å². The summed E-state index contributed by atoms with van der Waals surface area (Å²) in [5.74, 6) is 0. The highest BCUT2D eigenvalue weighted by Gasteiger charge is 2.29. The molecule has 0 saturated heterocycles. The van der Waals surface area contributed by atoms with E-state index in [1.165, 1.54) is 0 Å². The molecule has 1 aromatic rings. The van der Waals surface area contributed by atoms with Crippen molar-refractivity contribution in [2.45, 2.75) is 13.8 Å². The van der Waals surface area contributed by atoms with Gasteiger partial charge in [-0.05, 0) is 48.0 Å². The second-order valence-electron chi connectivity index (χ2n) is 2.93. The highest BCUT2D eigenvalue weighted by Crippen LogP contribution is 2.48. The Kier molecular flexibility index (Phi) is 5.48. The Morgan fingerprint density at radius 2 is 1.88 bits per heavy atom. The highest BCUT2D eigenvalue weighted by atomic mass is 79.9. The second-order valence-corrected chi connectivity index (χ2v) is 6.21. The maximum atomic E-state index is 12.5. The van der Waals surface area contributed by atoms with E-state index in [2.05, 4.69) is 15.9 Å². The van der Waals surface area contributed by atoms with Crippen molar-refractivity contribution >= 4 is 40.4 Å². The third-order valence-corrected chi connectivity index (χ3v) is 5.19. The van der Waals surface area contributed by atoms with Crippen LogP contribution in [0.1, 0.15) is 13.8 Å². The number of hydrogen-bond acceptors (Lipinski definition) is 3. The fourth-order valence-corrected chi connectivity index (χ4v) is 4.02. The van der Waals surface area contributed by atoms with E-state index in [0.29, 0.717) is 28.0 Å². The van der Waals surface area contributed by atoms with Gasteiger partial charge in [-0.2, -0.15) is 0 Å². The molecule has 1 aromatic carbocycles. The molecule has 0 aliphatic rings. The van der Waals surface area contributed by atoms with Crippen LogP contribution in [0, 0.1) is 0 Å². The van der Waals surface area contributed by atoms with Gasteiger partial charge < -0.3 is 9.05 Å². The summed E-state index contributed by atoms with van der Waals surface area (Å²) >= 11 is 9.19. The van der Waals surface area contributed by atoms with Gasteiger partial charge in [-0.15, -0.1) is 0 Å². The van der Waals surface area contributed by atoms with Crippen molar-refractivity contribution in [3.63, 3.8) is 0 Å². The molecule has 0 saturated carbocycles. The molecule has 0 aliphatic carbocycles. The van der Waals surface area contributed by atoms with Crippen LogP contribution < -0.4 is 5.30 Å². The summed E-state index contributed by atoms with van der Waals surface area (Å²) in [6.07, 6.45) is 0. The van der Waals surface area contributed by atoms with Crippen LogP contribution in [-0.2, 0) is 13.6 Å². The van der Waals surface area contributed by atoms with E-state index in [-0.39, 0.29) is 0 Å². The molecule has 0 spiro atoms. The number of hydrogen-bond donors (Lipinski definition) is 0. The first-order valence-corrected chi connectivity index (χ1v) is 7.59. The van der Waals surface area contributed by atoms with E-state index < -0.39 is 7.60 Å². The Morgan fingerprint density at radius 3 is 2.38 bits per heavy atom. The molecule has 16 heavy (non-hydrogen) atoms. The predicted octanol–water partition coefficient (Wildman–Crippen LogP) is 3.99. The van der Waals surface area contributed by atoms with Crippen LogP contribution in [0.4, 0.5) is 0 Å². The lowest BCUT2D eigenvalue weighted by molar-refractivity contribution is 0.230. The zero-order valence-electron chi connectivity index (χ0n) is 9.07. The number of benzene rings is 1. The standard InChI is InChI=1S/C10H13BrClO3P/c1-3-14-16(13,15-4-2)10-7-8(12)5-6-9(10)11/h5-7H,3-4H2,1-2H3. The molecule has 1 rings (SSSR count). The maximum Gasteiger partial charge on any atom is 0.362 e. The normalized spacial score (nSPS) is 11.8. The van der Waals surface area contributed by atoms with Gasteiger partial charge in [-0.1, -0.05) is 11.6 Å².